The molecule has 1 aliphatic rings. The van der Waals surface area contributed by atoms with Gasteiger partial charge in [-0.2, -0.15) is 0 Å². The van der Waals surface area contributed by atoms with Crippen LogP contribution in [0.5, 0.6) is 11.5 Å². The van der Waals surface area contributed by atoms with Crippen LogP contribution in [0.1, 0.15) is 99.3 Å². The lowest BCUT2D eigenvalue weighted by Crippen LogP contribution is -2.14. The van der Waals surface area contributed by atoms with Crippen molar-refractivity contribution in [2.75, 3.05) is 0 Å². The molecule has 3 rings (SSSR count). The zero-order chi connectivity index (χ0) is 18.8. The Balaban J connectivity index is 1.82. The molecule has 2 aromatic carbocycles. The van der Waals surface area contributed by atoms with Gasteiger partial charge in [0.05, 0.1) is 0 Å². The minimum Gasteiger partial charge on any atom is -0.508 e. The van der Waals surface area contributed by atoms with Crippen molar-refractivity contribution in [3.05, 3.63) is 58.7 Å². The highest BCUT2D eigenvalue weighted by Gasteiger charge is 2.26. The number of phenolic OH excluding ortho intramolecular Hbond substituents is 2. The summed E-state index contributed by atoms with van der Waals surface area (Å²) in [6.45, 7) is 8.73. The Bertz CT molecular complexity index is 736. The lowest BCUT2D eigenvalue weighted by atomic mass is 9.73. The molecule has 0 atom stereocenters. The van der Waals surface area contributed by atoms with E-state index in [4.69, 9.17) is 0 Å². The fraction of sp³-hybridized carbons (Fsp3) is 0.500. The molecular weight excluding hydrogens is 320 g/mol. The van der Waals surface area contributed by atoms with Crippen molar-refractivity contribution in [1.29, 1.82) is 0 Å². The molecular formula is C24H32O2. The average Bonchev–Trinajstić information content (AvgIpc) is 2.62. The summed E-state index contributed by atoms with van der Waals surface area (Å²) in [6, 6.07) is 12.0. The molecule has 0 aromatic heterocycles. The lowest BCUT2D eigenvalue weighted by molar-refractivity contribution is 0.392. The SMILES string of the molecule is CC(C)c1cc(C2CCC(c3ccc(O)cc3)CC2)c(C(C)C)cc1O. The van der Waals surface area contributed by atoms with E-state index >= 15 is 0 Å². The maximum Gasteiger partial charge on any atom is 0.119 e. The van der Waals surface area contributed by atoms with Crippen LogP contribution in [0.4, 0.5) is 0 Å². The van der Waals surface area contributed by atoms with Gasteiger partial charge in [-0.3, -0.25) is 0 Å². The summed E-state index contributed by atoms with van der Waals surface area (Å²) in [5.41, 5.74) is 5.18. The first-order chi connectivity index (χ1) is 12.4. The van der Waals surface area contributed by atoms with E-state index in [1.165, 1.54) is 42.4 Å². The summed E-state index contributed by atoms with van der Waals surface area (Å²) in [4.78, 5) is 0. The van der Waals surface area contributed by atoms with Crippen LogP contribution in [0, 0.1) is 0 Å². The Labute approximate surface area is 157 Å². The summed E-state index contributed by atoms with van der Waals surface area (Å²) in [6.07, 6.45) is 4.75. The Morgan fingerprint density at radius 3 is 1.81 bits per heavy atom. The van der Waals surface area contributed by atoms with E-state index < -0.39 is 0 Å². The number of benzene rings is 2. The van der Waals surface area contributed by atoms with E-state index in [0.29, 0.717) is 35.2 Å². The highest BCUT2D eigenvalue weighted by Crippen LogP contribution is 2.44. The zero-order valence-corrected chi connectivity index (χ0v) is 16.5. The Morgan fingerprint density at radius 2 is 1.27 bits per heavy atom. The standard InChI is InChI=1S/C24H32O2/c1-15(2)21-14-24(26)22(16(3)4)13-23(21)19-7-5-17(6-8-19)18-9-11-20(25)12-10-18/h9-17,19,25-26H,5-8H2,1-4H3. The highest BCUT2D eigenvalue weighted by atomic mass is 16.3. The Hall–Kier alpha value is -1.96. The van der Waals surface area contributed by atoms with Gasteiger partial charge >= 0.3 is 0 Å². The second kappa shape index (κ2) is 7.73. The fourth-order valence-corrected chi connectivity index (χ4v) is 4.44. The van der Waals surface area contributed by atoms with Crippen molar-refractivity contribution in [2.24, 2.45) is 0 Å². The maximum atomic E-state index is 10.4. The molecule has 1 saturated carbocycles. The molecule has 0 spiro atoms. The molecule has 0 saturated heterocycles. The van der Waals surface area contributed by atoms with Crippen LogP contribution in [-0.2, 0) is 0 Å². The van der Waals surface area contributed by atoms with Crippen LogP contribution in [-0.4, -0.2) is 10.2 Å². The molecule has 140 valence electrons. The van der Waals surface area contributed by atoms with Gasteiger partial charge in [-0.25, -0.2) is 0 Å². The van der Waals surface area contributed by atoms with Gasteiger partial charge in [-0.15, -0.1) is 0 Å². The summed E-state index contributed by atoms with van der Waals surface area (Å²) < 4.78 is 0. The van der Waals surface area contributed by atoms with Gasteiger partial charge in [0.2, 0.25) is 0 Å². The van der Waals surface area contributed by atoms with Gasteiger partial charge in [-0.05, 0) is 89.8 Å². The van der Waals surface area contributed by atoms with Crippen LogP contribution < -0.4 is 0 Å². The second-order valence-corrected chi connectivity index (χ2v) is 8.49. The average molecular weight is 353 g/mol. The third-order valence-electron chi connectivity index (χ3n) is 6.01. The molecule has 1 aliphatic carbocycles. The van der Waals surface area contributed by atoms with Crippen LogP contribution in [0.15, 0.2) is 36.4 Å². The first-order valence-electron chi connectivity index (χ1n) is 10.0. The van der Waals surface area contributed by atoms with E-state index in [2.05, 4.69) is 45.9 Å². The second-order valence-electron chi connectivity index (χ2n) is 8.49. The number of hydrogen-bond donors (Lipinski definition) is 2. The molecule has 0 aliphatic heterocycles. The first kappa shape index (κ1) is 18.8. The van der Waals surface area contributed by atoms with Crippen molar-refractivity contribution in [1.82, 2.24) is 0 Å². The molecule has 2 nitrogen and oxygen atoms in total. The summed E-state index contributed by atoms with van der Waals surface area (Å²) in [5, 5.41) is 19.9. The maximum absolute atomic E-state index is 10.4. The molecule has 0 bridgehead atoms. The first-order valence-corrected chi connectivity index (χ1v) is 10.0. The van der Waals surface area contributed by atoms with Crippen molar-refractivity contribution in [2.45, 2.75) is 77.0 Å². The van der Waals surface area contributed by atoms with Gasteiger partial charge < -0.3 is 10.2 Å². The van der Waals surface area contributed by atoms with Gasteiger partial charge in [0, 0.05) is 0 Å². The molecule has 26 heavy (non-hydrogen) atoms. The van der Waals surface area contributed by atoms with Crippen LogP contribution in [0.3, 0.4) is 0 Å². The number of aromatic hydroxyl groups is 2. The molecule has 0 heterocycles. The third-order valence-corrected chi connectivity index (χ3v) is 6.01. The van der Waals surface area contributed by atoms with Crippen LogP contribution in [0.25, 0.3) is 0 Å². The molecule has 2 N–H and O–H groups in total. The van der Waals surface area contributed by atoms with Gasteiger partial charge in [0.25, 0.3) is 0 Å². The third kappa shape index (κ3) is 3.90. The molecule has 2 heteroatoms. The predicted octanol–water partition coefficient (Wildman–Crippen LogP) is 6.79. The fourth-order valence-electron chi connectivity index (χ4n) is 4.44. The number of rotatable bonds is 4. The van der Waals surface area contributed by atoms with Gasteiger partial charge in [0.1, 0.15) is 11.5 Å². The molecule has 0 unspecified atom stereocenters. The monoisotopic (exact) mass is 352 g/mol. The normalized spacial score (nSPS) is 20.7. The minimum atomic E-state index is 0.336. The van der Waals surface area contributed by atoms with E-state index in [0.717, 1.165) is 5.56 Å². The van der Waals surface area contributed by atoms with Crippen molar-refractivity contribution < 1.29 is 10.2 Å². The number of hydrogen-bond acceptors (Lipinski definition) is 2. The van der Waals surface area contributed by atoms with Crippen molar-refractivity contribution >= 4 is 0 Å². The van der Waals surface area contributed by atoms with Crippen molar-refractivity contribution in [3.8, 4) is 11.5 Å². The smallest absolute Gasteiger partial charge is 0.119 e. The van der Waals surface area contributed by atoms with Crippen LogP contribution in [0.2, 0.25) is 0 Å². The molecule has 1 fully saturated rings. The minimum absolute atomic E-state index is 0.336. The van der Waals surface area contributed by atoms with E-state index in [1.54, 1.807) is 12.1 Å². The summed E-state index contributed by atoms with van der Waals surface area (Å²) >= 11 is 0. The zero-order valence-electron chi connectivity index (χ0n) is 16.5. The Kier molecular flexibility index (Phi) is 5.60. The Morgan fingerprint density at radius 1 is 0.731 bits per heavy atom. The quantitative estimate of drug-likeness (QED) is 0.636. The molecule has 2 aromatic rings. The topological polar surface area (TPSA) is 40.5 Å². The predicted molar refractivity (Wildman–Crippen MR) is 108 cm³/mol. The van der Waals surface area contributed by atoms with Crippen LogP contribution >= 0.6 is 0 Å². The van der Waals surface area contributed by atoms with E-state index in [-0.39, 0.29) is 0 Å². The van der Waals surface area contributed by atoms with E-state index in [9.17, 15) is 10.2 Å². The molecule has 0 amide bonds. The highest BCUT2D eigenvalue weighted by molar-refractivity contribution is 5.46. The number of phenols is 2. The largest absolute Gasteiger partial charge is 0.508 e. The molecule has 0 radical (unpaired) electrons. The van der Waals surface area contributed by atoms with Gasteiger partial charge in [-0.1, -0.05) is 45.9 Å². The van der Waals surface area contributed by atoms with Gasteiger partial charge in [0.15, 0.2) is 0 Å². The van der Waals surface area contributed by atoms with Crippen molar-refractivity contribution in [3.63, 3.8) is 0 Å². The summed E-state index contributed by atoms with van der Waals surface area (Å²) in [7, 11) is 0. The van der Waals surface area contributed by atoms with E-state index in [1.807, 2.05) is 6.07 Å². The summed E-state index contributed by atoms with van der Waals surface area (Å²) in [5.74, 6) is 2.73. The lowest BCUT2D eigenvalue weighted by Gasteiger charge is -2.31.